The number of rotatable bonds is 6. The fourth-order valence-electron chi connectivity index (χ4n) is 1.29. The van der Waals surface area contributed by atoms with Gasteiger partial charge in [-0.3, -0.25) is 0 Å². The minimum atomic E-state index is -0.997. The van der Waals surface area contributed by atoms with Crippen LogP contribution < -0.4 is 0 Å². The fourth-order valence-corrected chi connectivity index (χ4v) is 1.29. The Morgan fingerprint density at radius 3 is 2.93 bits per heavy atom. The third-order valence-corrected chi connectivity index (χ3v) is 2.36. The van der Waals surface area contributed by atoms with E-state index in [1.165, 1.54) is 0 Å². The first-order chi connectivity index (χ1) is 7.06. The number of aliphatic hydroxyl groups is 1. The summed E-state index contributed by atoms with van der Waals surface area (Å²) >= 11 is 0. The van der Waals surface area contributed by atoms with Gasteiger partial charge in [-0.15, -0.1) is 0 Å². The van der Waals surface area contributed by atoms with E-state index in [1.807, 2.05) is 19.1 Å². The number of hydrogen-bond acceptors (Lipinski definition) is 3. The minimum absolute atomic E-state index is 0.413. The van der Waals surface area contributed by atoms with Gasteiger partial charge in [-0.05, 0) is 32.4 Å². The molecule has 0 saturated carbocycles. The Morgan fingerprint density at radius 1 is 1.67 bits per heavy atom. The van der Waals surface area contributed by atoms with Gasteiger partial charge in [-0.25, -0.2) is 0 Å². The third-order valence-electron chi connectivity index (χ3n) is 2.36. The molecule has 15 heavy (non-hydrogen) atoms. The van der Waals surface area contributed by atoms with Gasteiger partial charge in [0.1, 0.15) is 17.1 Å². The highest BCUT2D eigenvalue weighted by Crippen LogP contribution is 2.22. The van der Waals surface area contributed by atoms with Crippen LogP contribution in [0.3, 0.4) is 0 Å². The summed E-state index contributed by atoms with van der Waals surface area (Å²) in [7, 11) is 0. The molecule has 0 aliphatic carbocycles. The zero-order chi connectivity index (χ0) is 11.3. The number of hydrogen-bond donors (Lipinski definition) is 1. The monoisotopic (exact) mass is 210 g/mol. The Kier molecular flexibility index (Phi) is 3.97. The van der Waals surface area contributed by atoms with E-state index >= 15 is 0 Å². The topological polar surface area (TPSA) is 42.6 Å². The smallest absolute Gasteiger partial charge is 0.120 e. The quantitative estimate of drug-likeness (QED) is 0.733. The first kappa shape index (κ1) is 11.9. The minimum Gasteiger partial charge on any atom is -0.496 e. The Labute approximate surface area is 90.4 Å². The van der Waals surface area contributed by atoms with Gasteiger partial charge in [0, 0.05) is 6.42 Å². The largest absolute Gasteiger partial charge is 0.496 e. The number of ether oxygens (including phenoxy) is 1. The maximum atomic E-state index is 10.0. The Bertz CT molecular complexity index is 299. The van der Waals surface area contributed by atoms with Crippen LogP contribution >= 0.6 is 0 Å². The summed E-state index contributed by atoms with van der Waals surface area (Å²) in [6.45, 7) is 7.81. The molecule has 0 aliphatic rings. The van der Waals surface area contributed by atoms with E-state index in [0.29, 0.717) is 25.2 Å². The van der Waals surface area contributed by atoms with E-state index in [4.69, 9.17) is 9.15 Å². The number of aryl methyl sites for hydroxylation is 1. The molecule has 1 aromatic rings. The maximum Gasteiger partial charge on any atom is 0.120 e. The second-order valence-corrected chi connectivity index (χ2v) is 3.71. The summed E-state index contributed by atoms with van der Waals surface area (Å²) in [6.07, 6.45) is 2.84. The van der Waals surface area contributed by atoms with Gasteiger partial charge in [0.2, 0.25) is 0 Å². The van der Waals surface area contributed by atoms with E-state index in [1.54, 1.807) is 13.2 Å². The fraction of sp³-hybridized carbons (Fsp3) is 0.500. The van der Waals surface area contributed by atoms with E-state index in [9.17, 15) is 5.11 Å². The standard InChI is InChI=1S/C12H18O3/c1-4-14-10(2)12(3,13)8-7-11-6-5-9-15-11/h5-6,9,13H,2,4,7-8H2,1,3H3. The van der Waals surface area contributed by atoms with Crippen LogP contribution in [0, 0.1) is 0 Å². The van der Waals surface area contributed by atoms with Crippen molar-refractivity contribution in [2.45, 2.75) is 32.3 Å². The molecule has 1 N–H and O–H groups in total. The summed E-state index contributed by atoms with van der Waals surface area (Å²) in [5.74, 6) is 1.27. The van der Waals surface area contributed by atoms with E-state index in [2.05, 4.69) is 6.58 Å². The van der Waals surface area contributed by atoms with E-state index in [-0.39, 0.29) is 0 Å². The van der Waals surface area contributed by atoms with Crippen molar-refractivity contribution in [3.63, 3.8) is 0 Å². The van der Waals surface area contributed by atoms with Crippen molar-refractivity contribution in [3.8, 4) is 0 Å². The van der Waals surface area contributed by atoms with Crippen LogP contribution in [-0.4, -0.2) is 17.3 Å². The van der Waals surface area contributed by atoms with Crippen LogP contribution in [0.5, 0.6) is 0 Å². The molecule has 0 saturated heterocycles. The highest BCUT2D eigenvalue weighted by molar-refractivity contribution is 5.06. The second-order valence-electron chi connectivity index (χ2n) is 3.71. The summed E-state index contributed by atoms with van der Waals surface area (Å²) in [5, 5.41) is 10.0. The Balaban J connectivity index is 2.45. The SMILES string of the molecule is C=C(OCC)C(C)(O)CCc1ccco1. The van der Waals surface area contributed by atoms with Crippen LogP contribution in [0.15, 0.2) is 35.2 Å². The molecule has 0 fully saturated rings. The molecule has 84 valence electrons. The molecule has 3 heteroatoms. The molecule has 3 nitrogen and oxygen atoms in total. The zero-order valence-electron chi connectivity index (χ0n) is 9.32. The predicted molar refractivity (Wildman–Crippen MR) is 58.4 cm³/mol. The lowest BCUT2D eigenvalue weighted by Crippen LogP contribution is -2.28. The van der Waals surface area contributed by atoms with E-state index < -0.39 is 5.60 Å². The van der Waals surface area contributed by atoms with Crippen molar-refractivity contribution in [1.29, 1.82) is 0 Å². The molecule has 0 amide bonds. The molecule has 1 atom stereocenters. The van der Waals surface area contributed by atoms with Crippen LogP contribution in [-0.2, 0) is 11.2 Å². The summed E-state index contributed by atoms with van der Waals surface area (Å²) in [4.78, 5) is 0. The van der Waals surface area contributed by atoms with Gasteiger partial charge < -0.3 is 14.3 Å². The lowest BCUT2D eigenvalue weighted by atomic mass is 9.97. The zero-order valence-corrected chi connectivity index (χ0v) is 9.32. The van der Waals surface area contributed by atoms with E-state index in [0.717, 1.165) is 5.76 Å². The van der Waals surface area contributed by atoms with Crippen molar-refractivity contribution in [3.05, 3.63) is 36.5 Å². The van der Waals surface area contributed by atoms with Gasteiger partial charge >= 0.3 is 0 Å². The molecule has 0 aliphatic heterocycles. The second kappa shape index (κ2) is 5.03. The van der Waals surface area contributed by atoms with Crippen molar-refractivity contribution in [2.24, 2.45) is 0 Å². The molecule has 1 unspecified atom stereocenters. The van der Waals surface area contributed by atoms with Gasteiger partial charge in [-0.2, -0.15) is 0 Å². The summed E-state index contributed by atoms with van der Waals surface area (Å²) < 4.78 is 10.4. The lowest BCUT2D eigenvalue weighted by Gasteiger charge is -2.24. The lowest BCUT2D eigenvalue weighted by molar-refractivity contribution is 0.0212. The van der Waals surface area contributed by atoms with Crippen LogP contribution in [0.1, 0.15) is 26.0 Å². The van der Waals surface area contributed by atoms with Crippen molar-refractivity contribution in [2.75, 3.05) is 6.61 Å². The predicted octanol–water partition coefficient (Wildman–Crippen LogP) is 2.51. The van der Waals surface area contributed by atoms with Gasteiger partial charge in [0.25, 0.3) is 0 Å². The maximum absolute atomic E-state index is 10.0. The highest BCUT2D eigenvalue weighted by Gasteiger charge is 2.25. The van der Waals surface area contributed by atoms with Gasteiger partial charge in [0.05, 0.1) is 12.9 Å². The highest BCUT2D eigenvalue weighted by atomic mass is 16.5. The molecule has 0 aromatic carbocycles. The molecule has 1 aromatic heterocycles. The van der Waals surface area contributed by atoms with Crippen molar-refractivity contribution < 1.29 is 14.3 Å². The molecular formula is C12H18O3. The Hall–Kier alpha value is -1.22. The molecule has 0 bridgehead atoms. The van der Waals surface area contributed by atoms with Gasteiger partial charge in [-0.1, -0.05) is 6.58 Å². The average Bonchev–Trinajstić information content (AvgIpc) is 2.68. The molecule has 0 radical (unpaired) electrons. The average molecular weight is 210 g/mol. The first-order valence-electron chi connectivity index (χ1n) is 5.13. The third kappa shape index (κ3) is 3.44. The van der Waals surface area contributed by atoms with Gasteiger partial charge in [0.15, 0.2) is 0 Å². The normalized spacial score (nSPS) is 14.6. The Morgan fingerprint density at radius 2 is 2.40 bits per heavy atom. The summed E-state index contributed by atoms with van der Waals surface area (Å²) in [6, 6.07) is 3.72. The summed E-state index contributed by atoms with van der Waals surface area (Å²) in [5.41, 5.74) is -0.997. The molecule has 1 heterocycles. The number of furan rings is 1. The van der Waals surface area contributed by atoms with Crippen LogP contribution in [0.25, 0.3) is 0 Å². The van der Waals surface area contributed by atoms with Crippen LogP contribution in [0.4, 0.5) is 0 Å². The van der Waals surface area contributed by atoms with Crippen molar-refractivity contribution in [1.82, 2.24) is 0 Å². The van der Waals surface area contributed by atoms with Crippen LogP contribution in [0.2, 0.25) is 0 Å². The molecule has 0 spiro atoms. The van der Waals surface area contributed by atoms with Crippen molar-refractivity contribution >= 4 is 0 Å². The molecule has 1 rings (SSSR count). The molecular weight excluding hydrogens is 192 g/mol. The first-order valence-corrected chi connectivity index (χ1v) is 5.13.